The molecule has 0 bridgehead atoms. The molecule has 0 radical (unpaired) electrons. The van der Waals surface area contributed by atoms with Crippen LogP contribution in [0.4, 0.5) is 5.69 Å². The first-order chi connectivity index (χ1) is 12.2. The fourth-order valence-corrected chi connectivity index (χ4v) is 5.44. The van der Waals surface area contributed by atoms with E-state index in [0.717, 1.165) is 33.6 Å². The molecule has 0 aliphatic heterocycles. The molecule has 0 fully saturated rings. The van der Waals surface area contributed by atoms with Gasteiger partial charge in [0.05, 0.1) is 12.0 Å². The number of benzene rings is 1. The Labute approximate surface area is 152 Å². The molecule has 128 valence electrons. The van der Waals surface area contributed by atoms with Crippen LogP contribution in [0.15, 0.2) is 29.6 Å². The molecule has 3 aromatic rings. The minimum atomic E-state index is -0.387. The summed E-state index contributed by atoms with van der Waals surface area (Å²) in [5, 5.41) is 13.1. The summed E-state index contributed by atoms with van der Waals surface area (Å²) in [6.07, 6.45) is 4.99. The lowest BCUT2D eigenvalue weighted by Gasteiger charge is -2.08. The molecule has 0 N–H and O–H groups in total. The van der Waals surface area contributed by atoms with Crippen LogP contribution in [0, 0.1) is 10.1 Å². The van der Waals surface area contributed by atoms with Gasteiger partial charge in [0.25, 0.3) is 5.69 Å². The molecule has 25 heavy (non-hydrogen) atoms. The van der Waals surface area contributed by atoms with E-state index in [9.17, 15) is 10.1 Å². The van der Waals surface area contributed by atoms with E-state index in [4.69, 9.17) is 4.74 Å². The molecule has 1 aliphatic rings. The number of aryl methyl sites for hydroxylation is 2. The van der Waals surface area contributed by atoms with Crippen molar-refractivity contribution in [1.29, 1.82) is 0 Å². The zero-order valence-corrected chi connectivity index (χ0v) is 15.2. The lowest BCUT2D eigenvalue weighted by Crippen LogP contribution is -1.95. The summed E-state index contributed by atoms with van der Waals surface area (Å²) in [5.74, 6) is 1.21. The molecule has 2 aromatic heterocycles. The number of thiophene rings is 1. The first-order valence-corrected chi connectivity index (χ1v) is 9.67. The van der Waals surface area contributed by atoms with Gasteiger partial charge in [0, 0.05) is 33.7 Å². The second-order valence-corrected chi connectivity index (χ2v) is 7.81. The highest BCUT2D eigenvalue weighted by Gasteiger charge is 2.21. The number of non-ortho nitro benzene ring substituents is 1. The maximum Gasteiger partial charge on any atom is 0.270 e. The van der Waals surface area contributed by atoms with Gasteiger partial charge < -0.3 is 4.74 Å². The Bertz CT molecular complexity index is 971. The number of aromatic nitrogens is 2. The van der Waals surface area contributed by atoms with Crippen molar-refractivity contribution in [2.75, 3.05) is 7.11 Å². The lowest BCUT2D eigenvalue weighted by molar-refractivity contribution is -0.384. The molecule has 0 saturated carbocycles. The van der Waals surface area contributed by atoms with E-state index in [0.29, 0.717) is 11.5 Å². The number of ether oxygens (including phenoxy) is 1. The smallest absolute Gasteiger partial charge is 0.270 e. The number of nitro benzene ring substituents is 1. The van der Waals surface area contributed by atoms with Gasteiger partial charge in [-0.05, 0) is 30.9 Å². The van der Waals surface area contributed by atoms with Gasteiger partial charge in [0.15, 0.2) is 0 Å². The number of hydrogen-bond donors (Lipinski definition) is 0. The van der Waals surface area contributed by atoms with Crippen LogP contribution in [-0.4, -0.2) is 22.0 Å². The zero-order valence-electron chi connectivity index (χ0n) is 13.5. The number of hydrogen-bond acceptors (Lipinski definition) is 7. The monoisotopic (exact) mass is 373 g/mol. The fourth-order valence-electron chi connectivity index (χ4n) is 3.15. The van der Waals surface area contributed by atoms with Gasteiger partial charge in [-0.25, -0.2) is 9.97 Å². The van der Waals surface area contributed by atoms with Gasteiger partial charge in [-0.2, -0.15) is 0 Å². The number of rotatable bonds is 5. The van der Waals surface area contributed by atoms with Gasteiger partial charge in [-0.15, -0.1) is 23.1 Å². The van der Waals surface area contributed by atoms with Crippen molar-refractivity contribution in [3.63, 3.8) is 0 Å². The van der Waals surface area contributed by atoms with Crippen molar-refractivity contribution in [3.8, 4) is 5.75 Å². The number of nitro groups is 1. The molecule has 0 unspecified atom stereocenters. The van der Waals surface area contributed by atoms with E-state index < -0.39 is 0 Å². The SMILES string of the molecule is COc1ccc([N+](=O)[O-])cc1CSc1ncnc2sc3c(c12)CCC3. The van der Waals surface area contributed by atoms with Crippen LogP contribution < -0.4 is 4.74 Å². The van der Waals surface area contributed by atoms with Crippen LogP contribution in [0.25, 0.3) is 10.2 Å². The van der Waals surface area contributed by atoms with Crippen LogP contribution in [0.2, 0.25) is 0 Å². The van der Waals surface area contributed by atoms with Gasteiger partial charge >= 0.3 is 0 Å². The first-order valence-electron chi connectivity index (χ1n) is 7.86. The highest BCUT2D eigenvalue weighted by atomic mass is 32.2. The topological polar surface area (TPSA) is 78.2 Å². The average Bonchev–Trinajstić information content (AvgIpc) is 3.20. The molecule has 4 rings (SSSR count). The molecule has 0 atom stereocenters. The Balaban J connectivity index is 1.67. The first kappa shape index (κ1) is 16.3. The van der Waals surface area contributed by atoms with Crippen molar-refractivity contribution < 1.29 is 9.66 Å². The Morgan fingerprint density at radius 1 is 1.36 bits per heavy atom. The lowest BCUT2D eigenvalue weighted by atomic mass is 10.2. The Morgan fingerprint density at radius 3 is 3.04 bits per heavy atom. The van der Waals surface area contributed by atoms with Crippen molar-refractivity contribution in [1.82, 2.24) is 9.97 Å². The molecule has 1 aromatic carbocycles. The molecule has 1 aliphatic carbocycles. The average molecular weight is 373 g/mol. The highest BCUT2D eigenvalue weighted by Crippen LogP contribution is 2.41. The molecular weight excluding hydrogens is 358 g/mol. The van der Waals surface area contributed by atoms with Crippen molar-refractivity contribution in [2.45, 2.75) is 30.0 Å². The summed E-state index contributed by atoms with van der Waals surface area (Å²) in [5.41, 5.74) is 2.25. The van der Waals surface area contributed by atoms with Gasteiger partial charge in [-0.1, -0.05) is 0 Å². The number of thioether (sulfide) groups is 1. The summed E-state index contributed by atoms with van der Waals surface area (Å²) >= 11 is 3.33. The van der Waals surface area contributed by atoms with Crippen molar-refractivity contribution in [2.24, 2.45) is 0 Å². The second-order valence-electron chi connectivity index (χ2n) is 5.76. The molecule has 0 spiro atoms. The van der Waals surface area contributed by atoms with Gasteiger partial charge in [-0.3, -0.25) is 10.1 Å². The largest absolute Gasteiger partial charge is 0.496 e. The van der Waals surface area contributed by atoms with E-state index in [1.165, 1.54) is 22.9 Å². The highest BCUT2D eigenvalue weighted by molar-refractivity contribution is 7.98. The van der Waals surface area contributed by atoms with E-state index in [2.05, 4.69) is 9.97 Å². The second kappa shape index (κ2) is 6.61. The van der Waals surface area contributed by atoms with Crippen LogP contribution in [0.5, 0.6) is 5.75 Å². The summed E-state index contributed by atoms with van der Waals surface area (Å²) < 4.78 is 5.35. The Hall–Kier alpha value is -2.19. The number of nitrogens with zero attached hydrogens (tertiary/aromatic N) is 3. The molecule has 0 amide bonds. The van der Waals surface area contributed by atoms with Crippen LogP contribution in [-0.2, 0) is 18.6 Å². The predicted molar refractivity (Wildman–Crippen MR) is 98.6 cm³/mol. The third kappa shape index (κ3) is 2.96. The maximum atomic E-state index is 11.0. The minimum Gasteiger partial charge on any atom is -0.496 e. The molecule has 6 nitrogen and oxygen atoms in total. The summed E-state index contributed by atoms with van der Waals surface area (Å²) in [4.78, 5) is 22.0. The van der Waals surface area contributed by atoms with Crippen molar-refractivity contribution in [3.05, 3.63) is 50.6 Å². The molecular formula is C17H15N3O3S2. The zero-order chi connectivity index (χ0) is 17.4. The third-order valence-electron chi connectivity index (χ3n) is 4.31. The number of methoxy groups -OCH3 is 1. The molecule has 0 saturated heterocycles. The maximum absolute atomic E-state index is 11.0. The molecule has 8 heteroatoms. The van der Waals surface area contributed by atoms with E-state index in [1.54, 1.807) is 48.7 Å². The van der Waals surface area contributed by atoms with Crippen LogP contribution in [0.3, 0.4) is 0 Å². The third-order valence-corrected chi connectivity index (χ3v) is 6.54. The summed E-state index contributed by atoms with van der Waals surface area (Å²) in [6, 6.07) is 4.68. The summed E-state index contributed by atoms with van der Waals surface area (Å²) in [7, 11) is 1.57. The van der Waals surface area contributed by atoms with E-state index in [-0.39, 0.29) is 10.6 Å². The van der Waals surface area contributed by atoms with Gasteiger partial charge in [0.2, 0.25) is 0 Å². The predicted octanol–water partition coefficient (Wildman–Crippen LogP) is 4.39. The van der Waals surface area contributed by atoms with Crippen molar-refractivity contribution >= 4 is 39.0 Å². The van der Waals surface area contributed by atoms with E-state index >= 15 is 0 Å². The standard InChI is InChI=1S/C17H15N3O3S2/c1-23-13-6-5-11(20(21)22)7-10(13)8-24-16-15-12-3-2-4-14(12)25-17(15)19-9-18-16/h5-7,9H,2-4,8H2,1H3. The quantitative estimate of drug-likeness (QED) is 0.286. The molecule has 2 heterocycles. The van der Waals surface area contributed by atoms with Crippen LogP contribution in [0.1, 0.15) is 22.4 Å². The normalized spacial score (nSPS) is 13.2. The number of fused-ring (bicyclic) bond motifs is 3. The Kier molecular flexibility index (Phi) is 4.30. The Morgan fingerprint density at radius 2 is 2.24 bits per heavy atom. The van der Waals surface area contributed by atoms with E-state index in [1.807, 2.05) is 0 Å². The van der Waals surface area contributed by atoms with Gasteiger partial charge in [0.1, 0.15) is 21.9 Å². The summed E-state index contributed by atoms with van der Waals surface area (Å²) in [6.45, 7) is 0. The fraction of sp³-hybridized carbons (Fsp3) is 0.294. The minimum absolute atomic E-state index is 0.0701. The van der Waals surface area contributed by atoms with Crippen LogP contribution >= 0.6 is 23.1 Å².